The molecule has 0 aromatic heterocycles. The van der Waals surface area contributed by atoms with Crippen molar-refractivity contribution in [3.63, 3.8) is 0 Å². The Kier molecular flexibility index (Phi) is 4.07. The molecule has 1 aliphatic heterocycles. The molecular formula is C13H19BrN2O. The van der Waals surface area contributed by atoms with Gasteiger partial charge in [-0.15, -0.1) is 0 Å². The number of nitrogens with two attached hydrogens (primary N) is 1. The lowest BCUT2D eigenvalue weighted by atomic mass is 10.1. The van der Waals surface area contributed by atoms with Crippen molar-refractivity contribution in [1.29, 1.82) is 0 Å². The first-order valence-corrected chi connectivity index (χ1v) is 6.85. The summed E-state index contributed by atoms with van der Waals surface area (Å²) in [5.41, 5.74) is 8.22. The molecule has 0 saturated carbocycles. The highest BCUT2D eigenvalue weighted by Crippen LogP contribution is 2.28. The molecule has 94 valence electrons. The van der Waals surface area contributed by atoms with Gasteiger partial charge in [0.05, 0.1) is 6.10 Å². The Labute approximate surface area is 111 Å². The maximum absolute atomic E-state index is 9.49. The van der Waals surface area contributed by atoms with E-state index >= 15 is 0 Å². The van der Waals surface area contributed by atoms with Crippen molar-refractivity contribution >= 4 is 21.6 Å². The van der Waals surface area contributed by atoms with Gasteiger partial charge in [0, 0.05) is 29.3 Å². The van der Waals surface area contributed by atoms with Crippen LogP contribution in [0.2, 0.25) is 0 Å². The molecule has 2 rings (SSSR count). The number of benzene rings is 1. The summed E-state index contributed by atoms with van der Waals surface area (Å²) < 4.78 is 1.07. The Hall–Kier alpha value is -0.580. The van der Waals surface area contributed by atoms with E-state index in [0.717, 1.165) is 36.0 Å². The van der Waals surface area contributed by atoms with Crippen LogP contribution in [0.15, 0.2) is 22.7 Å². The largest absolute Gasteiger partial charge is 0.393 e. The molecule has 0 spiro atoms. The van der Waals surface area contributed by atoms with E-state index in [-0.39, 0.29) is 12.1 Å². The molecule has 0 unspecified atom stereocenters. The predicted octanol–water partition coefficient (Wildman–Crippen LogP) is 2.43. The summed E-state index contributed by atoms with van der Waals surface area (Å²) >= 11 is 3.57. The molecule has 1 aromatic carbocycles. The zero-order valence-electron chi connectivity index (χ0n) is 10.1. The molecule has 0 amide bonds. The number of piperidine rings is 1. The van der Waals surface area contributed by atoms with Crippen molar-refractivity contribution in [3.05, 3.63) is 28.2 Å². The molecule has 0 bridgehead atoms. The molecule has 4 heteroatoms. The summed E-state index contributed by atoms with van der Waals surface area (Å²) in [5, 5.41) is 9.49. The van der Waals surface area contributed by atoms with Gasteiger partial charge in [0.1, 0.15) is 0 Å². The van der Waals surface area contributed by atoms with Crippen molar-refractivity contribution in [2.24, 2.45) is 5.73 Å². The van der Waals surface area contributed by atoms with E-state index < -0.39 is 0 Å². The Bertz CT molecular complexity index is 387. The van der Waals surface area contributed by atoms with E-state index in [1.54, 1.807) is 0 Å². The van der Waals surface area contributed by atoms with Crippen LogP contribution >= 0.6 is 15.9 Å². The molecule has 3 N–H and O–H groups in total. The Morgan fingerprint density at radius 1 is 1.41 bits per heavy atom. The SMILES string of the molecule is C[C@@H](N)c1ccc(N2CCC(O)CC2)cc1Br. The van der Waals surface area contributed by atoms with Crippen LogP contribution in [0.1, 0.15) is 31.4 Å². The summed E-state index contributed by atoms with van der Waals surface area (Å²) in [6.07, 6.45) is 1.58. The fourth-order valence-electron chi connectivity index (χ4n) is 2.21. The number of rotatable bonds is 2. The molecule has 1 fully saturated rings. The predicted molar refractivity (Wildman–Crippen MR) is 74.2 cm³/mol. The van der Waals surface area contributed by atoms with E-state index in [2.05, 4.69) is 39.0 Å². The first-order valence-electron chi connectivity index (χ1n) is 6.06. The third kappa shape index (κ3) is 3.00. The van der Waals surface area contributed by atoms with Crippen molar-refractivity contribution in [3.8, 4) is 0 Å². The highest BCUT2D eigenvalue weighted by molar-refractivity contribution is 9.10. The van der Waals surface area contributed by atoms with Gasteiger partial charge >= 0.3 is 0 Å². The van der Waals surface area contributed by atoms with Crippen molar-refractivity contribution in [1.82, 2.24) is 0 Å². The lowest BCUT2D eigenvalue weighted by Gasteiger charge is -2.31. The second-order valence-electron chi connectivity index (χ2n) is 4.71. The monoisotopic (exact) mass is 298 g/mol. The van der Waals surface area contributed by atoms with E-state index in [4.69, 9.17) is 5.73 Å². The smallest absolute Gasteiger partial charge is 0.0574 e. The van der Waals surface area contributed by atoms with Crippen LogP contribution in [0.3, 0.4) is 0 Å². The zero-order chi connectivity index (χ0) is 12.4. The van der Waals surface area contributed by atoms with E-state index in [1.165, 1.54) is 5.69 Å². The maximum Gasteiger partial charge on any atom is 0.0574 e. The minimum atomic E-state index is -0.127. The average Bonchev–Trinajstić information content (AvgIpc) is 2.29. The number of anilines is 1. The lowest BCUT2D eigenvalue weighted by molar-refractivity contribution is 0.145. The van der Waals surface area contributed by atoms with Gasteiger partial charge in [-0.1, -0.05) is 22.0 Å². The number of aliphatic hydroxyl groups excluding tert-OH is 1. The van der Waals surface area contributed by atoms with Gasteiger partial charge in [-0.05, 0) is 37.5 Å². The molecule has 1 saturated heterocycles. The van der Waals surface area contributed by atoms with Crippen LogP contribution in [-0.4, -0.2) is 24.3 Å². The fourth-order valence-corrected chi connectivity index (χ4v) is 2.93. The minimum absolute atomic E-state index is 0.0432. The average molecular weight is 299 g/mol. The number of halogens is 1. The van der Waals surface area contributed by atoms with Crippen molar-refractivity contribution in [2.75, 3.05) is 18.0 Å². The van der Waals surface area contributed by atoms with E-state index in [9.17, 15) is 5.11 Å². The number of hydrogen-bond donors (Lipinski definition) is 2. The molecule has 1 heterocycles. The summed E-state index contributed by atoms with van der Waals surface area (Å²) in [6.45, 7) is 3.83. The molecule has 17 heavy (non-hydrogen) atoms. The van der Waals surface area contributed by atoms with Crippen LogP contribution in [0.4, 0.5) is 5.69 Å². The molecule has 1 aromatic rings. The quantitative estimate of drug-likeness (QED) is 0.882. The Morgan fingerprint density at radius 3 is 2.59 bits per heavy atom. The minimum Gasteiger partial charge on any atom is -0.393 e. The third-order valence-electron chi connectivity index (χ3n) is 3.30. The van der Waals surface area contributed by atoms with Crippen LogP contribution < -0.4 is 10.6 Å². The summed E-state index contributed by atoms with van der Waals surface area (Å²) in [4.78, 5) is 2.31. The van der Waals surface area contributed by atoms with Crippen molar-refractivity contribution in [2.45, 2.75) is 31.9 Å². The zero-order valence-corrected chi connectivity index (χ0v) is 11.7. The molecule has 0 radical (unpaired) electrons. The molecular weight excluding hydrogens is 280 g/mol. The number of nitrogens with zero attached hydrogens (tertiary/aromatic N) is 1. The Morgan fingerprint density at radius 2 is 2.06 bits per heavy atom. The van der Waals surface area contributed by atoms with Gasteiger partial charge < -0.3 is 15.7 Å². The fraction of sp³-hybridized carbons (Fsp3) is 0.538. The van der Waals surface area contributed by atoms with Gasteiger partial charge in [0.25, 0.3) is 0 Å². The highest BCUT2D eigenvalue weighted by atomic mass is 79.9. The third-order valence-corrected chi connectivity index (χ3v) is 3.99. The van der Waals surface area contributed by atoms with Crippen molar-refractivity contribution < 1.29 is 5.11 Å². The van der Waals surface area contributed by atoms with E-state index in [0.29, 0.717) is 0 Å². The summed E-state index contributed by atoms with van der Waals surface area (Å²) in [5.74, 6) is 0. The van der Waals surface area contributed by atoms with E-state index in [1.807, 2.05) is 6.92 Å². The van der Waals surface area contributed by atoms with Gasteiger partial charge in [-0.3, -0.25) is 0 Å². The molecule has 0 aliphatic carbocycles. The molecule has 1 atom stereocenters. The highest BCUT2D eigenvalue weighted by Gasteiger charge is 2.18. The second kappa shape index (κ2) is 5.38. The van der Waals surface area contributed by atoms with Crippen LogP contribution in [0.25, 0.3) is 0 Å². The van der Waals surface area contributed by atoms with Gasteiger partial charge in [-0.2, -0.15) is 0 Å². The summed E-state index contributed by atoms with van der Waals surface area (Å²) in [6, 6.07) is 6.36. The molecule has 3 nitrogen and oxygen atoms in total. The van der Waals surface area contributed by atoms with Gasteiger partial charge in [0.2, 0.25) is 0 Å². The maximum atomic E-state index is 9.49. The van der Waals surface area contributed by atoms with Gasteiger partial charge in [-0.25, -0.2) is 0 Å². The standard InChI is InChI=1S/C13H19BrN2O/c1-9(15)12-3-2-10(8-13(12)14)16-6-4-11(17)5-7-16/h2-3,8-9,11,17H,4-7,15H2,1H3/t9-/m1/s1. The number of hydrogen-bond acceptors (Lipinski definition) is 3. The topological polar surface area (TPSA) is 49.5 Å². The second-order valence-corrected chi connectivity index (χ2v) is 5.57. The Balaban J connectivity index is 2.14. The van der Waals surface area contributed by atoms with Crippen LogP contribution in [0.5, 0.6) is 0 Å². The number of aliphatic hydroxyl groups is 1. The first kappa shape index (κ1) is 12.9. The normalized spacial score (nSPS) is 19.4. The molecule has 1 aliphatic rings. The van der Waals surface area contributed by atoms with Gasteiger partial charge in [0.15, 0.2) is 0 Å². The van der Waals surface area contributed by atoms with Crippen LogP contribution in [-0.2, 0) is 0 Å². The van der Waals surface area contributed by atoms with Crippen LogP contribution in [0, 0.1) is 0 Å². The first-order chi connectivity index (χ1) is 8.08. The lowest BCUT2D eigenvalue weighted by Crippen LogP contribution is -2.35. The summed E-state index contributed by atoms with van der Waals surface area (Å²) in [7, 11) is 0.